The lowest BCUT2D eigenvalue weighted by atomic mass is 9.91. The Balaban J connectivity index is 2.14. The van der Waals surface area contributed by atoms with Gasteiger partial charge in [0.15, 0.2) is 0 Å². The maximum atomic E-state index is 11.9. The van der Waals surface area contributed by atoms with Crippen LogP contribution in [0.15, 0.2) is 36.4 Å². The van der Waals surface area contributed by atoms with E-state index in [1.165, 1.54) is 11.8 Å². The average molecular weight is 342 g/mol. The number of benzene rings is 1. The van der Waals surface area contributed by atoms with E-state index in [0.29, 0.717) is 13.1 Å². The van der Waals surface area contributed by atoms with Crippen molar-refractivity contribution in [2.75, 3.05) is 19.6 Å². The highest BCUT2D eigenvalue weighted by Crippen LogP contribution is 2.34. The molecule has 0 bridgehead atoms. The second-order valence-electron chi connectivity index (χ2n) is 6.57. The number of rotatable bonds is 2. The summed E-state index contributed by atoms with van der Waals surface area (Å²) < 4.78 is 1.77. The summed E-state index contributed by atoms with van der Waals surface area (Å²) in [5, 5.41) is 14.3. The third-order valence-corrected chi connectivity index (χ3v) is 4.75. The number of hydrogen-bond donors (Lipinski definition) is 1. The highest BCUT2D eigenvalue weighted by Gasteiger charge is 2.45. The van der Waals surface area contributed by atoms with Crippen molar-refractivity contribution in [3.63, 3.8) is 0 Å². The van der Waals surface area contributed by atoms with Crippen LogP contribution in [0, 0.1) is 6.92 Å². The Morgan fingerprint density at radius 3 is 2.48 bits per heavy atom. The molecule has 2 amide bonds. The van der Waals surface area contributed by atoms with E-state index in [2.05, 4.69) is 5.10 Å². The molecule has 1 aliphatic heterocycles. The maximum Gasteiger partial charge on any atom is 0.408 e. The fourth-order valence-corrected chi connectivity index (χ4v) is 3.45. The van der Waals surface area contributed by atoms with Crippen molar-refractivity contribution in [3.8, 4) is 5.69 Å². The lowest BCUT2D eigenvalue weighted by molar-refractivity contribution is -0.133. The Labute approximate surface area is 146 Å². The minimum atomic E-state index is -0.996. The number of carboxylic acid groups (broad SMARTS) is 1. The number of carbonyl (C=O) groups is 2. The molecule has 2 aromatic rings. The van der Waals surface area contributed by atoms with Crippen molar-refractivity contribution in [3.05, 3.63) is 47.8 Å². The topological polar surface area (TPSA) is 78.7 Å². The predicted octanol–water partition coefficient (Wildman–Crippen LogP) is 2.24. The summed E-state index contributed by atoms with van der Waals surface area (Å²) in [6.45, 7) is 6.21. The third kappa shape index (κ3) is 2.97. The van der Waals surface area contributed by atoms with Gasteiger partial charge < -0.3 is 10.0 Å². The molecule has 132 valence electrons. The van der Waals surface area contributed by atoms with E-state index in [0.717, 1.165) is 17.1 Å². The van der Waals surface area contributed by atoms with E-state index >= 15 is 0 Å². The van der Waals surface area contributed by atoms with Crippen molar-refractivity contribution < 1.29 is 14.7 Å². The third-order valence-electron chi connectivity index (χ3n) is 4.75. The summed E-state index contributed by atoms with van der Waals surface area (Å²) in [5.74, 6) is -0.0567. The molecule has 1 fully saturated rings. The maximum absolute atomic E-state index is 11.9. The molecule has 25 heavy (non-hydrogen) atoms. The first-order valence-electron chi connectivity index (χ1n) is 8.21. The summed E-state index contributed by atoms with van der Waals surface area (Å²) >= 11 is 0. The molecule has 7 heteroatoms. The Morgan fingerprint density at radius 1 is 1.20 bits per heavy atom. The Kier molecular flexibility index (Phi) is 4.24. The minimum Gasteiger partial charge on any atom is -0.465 e. The summed E-state index contributed by atoms with van der Waals surface area (Å²) in [4.78, 5) is 26.9. The van der Waals surface area contributed by atoms with Crippen LogP contribution in [-0.4, -0.2) is 56.3 Å². The molecule has 0 saturated carbocycles. The molecule has 2 heterocycles. The van der Waals surface area contributed by atoms with E-state index in [-0.39, 0.29) is 12.5 Å². The molecular formula is C18H22N4O3. The van der Waals surface area contributed by atoms with Gasteiger partial charge in [-0.2, -0.15) is 5.10 Å². The van der Waals surface area contributed by atoms with Gasteiger partial charge in [0.2, 0.25) is 5.91 Å². The van der Waals surface area contributed by atoms with Crippen LogP contribution in [0.2, 0.25) is 0 Å². The van der Waals surface area contributed by atoms with Crippen LogP contribution in [0.5, 0.6) is 0 Å². The van der Waals surface area contributed by atoms with Gasteiger partial charge in [0.05, 0.1) is 17.1 Å². The minimum absolute atomic E-state index is 0.0567. The lowest BCUT2D eigenvalue weighted by Crippen LogP contribution is -2.61. The smallest absolute Gasteiger partial charge is 0.408 e. The van der Waals surface area contributed by atoms with E-state index in [1.54, 1.807) is 9.58 Å². The van der Waals surface area contributed by atoms with E-state index in [1.807, 2.05) is 50.2 Å². The summed E-state index contributed by atoms with van der Waals surface area (Å²) in [5.41, 5.74) is 1.53. The van der Waals surface area contributed by atoms with Crippen molar-refractivity contribution in [1.29, 1.82) is 0 Å². The van der Waals surface area contributed by atoms with E-state index < -0.39 is 11.6 Å². The standard InChI is InChI=1S/C18H22N4O3/c1-13-11-16(22(19-13)15-7-5-4-6-8-15)18(3)12-20(14(2)23)9-10-21(18)17(24)25/h4-8,11H,9-10,12H2,1-3H3,(H,24,25)/t18-/m1/s1. The highest BCUT2D eigenvalue weighted by atomic mass is 16.4. The molecule has 1 aromatic carbocycles. The molecule has 1 saturated heterocycles. The first-order chi connectivity index (χ1) is 11.8. The van der Waals surface area contributed by atoms with Crippen LogP contribution in [0.1, 0.15) is 25.2 Å². The van der Waals surface area contributed by atoms with E-state index in [9.17, 15) is 14.7 Å². The van der Waals surface area contributed by atoms with Gasteiger partial charge in [0.25, 0.3) is 0 Å². The normalized spacial score (nSPS) is 20.6. The van der Waals surface area contributed by atoms with E-state index in [4.69, 9.17) is 0 Å². The van der Waals surface area contributed by atoms with Gasteiger partial charge in [-0.05, 0) is 32.0 Å². The van der Waals surface area contributed by atoms with Gasteiger partial charge in [-0.1, -0.05) is 18.2 Å². The van der Waals surface area contributed by atoms with Gasteiger partial charge in [0, 0.05) is 26.6 Å². The van der Waals surface area contributed by atoms with Gasteiger partial charge in [-0.25, -0.2) is 9.48 Å². The molecule has 1 atom stereocenters. The number of aryl methyl sites for hydroxylation is 1. The Hall–Kier alpha value is -2.83. The van der Waals surface area contributed by atoms with Gasteiger partial charge >= 0.3 is 6.09 Å². The first-order valence-corrected chi connectivity index (χ1v) is 8.21. The highest BCUT2D eigenvalue weighted by molar-refractivity contribution is 5.74. The van der Waals surface area contributed by atoms with Crippen LogP contribution < -0.4 is 0 Å². The van der Waals surface area contributed by atoms with Crippen molar-refractivity contribution >= 4 is 12.0 Å². The Morgan fingerprint density at radius 2 is 1.88 bits per heavy atom. The second-order valence-corrected chi connectivity index (χ2v) is 6.57. The molecule has 7 nitrogen and oxygen atoms in total. The summed E-state index contributed by atoms with van der Waals surface area (Å²) in [6.07, 6.45) is -0.996. The van der Waals surface area contributed by atoms with Crippen LogP contribution in [0.4, 0.5) is 4.79 Å². The first kappa shape index (κ1) is 17.0. The molecular weight excluding hydrogens is 320 g/mol. The van der Waals surface area contributed by atoms with Gasteiger partial charge in [-0.3, -0.25) is 9.69 Å². The average Bonchev–Trinajstić information content (AvgIpc) is 2.98. The molecule has 0 unspecified atom stereocenters. The fraction of sp³-hybridized carbons (Fsp3) is 0.389. The number of amides is 2. The number of carbonyl (C=O) groups excluding carboxylic acids is 1. The van der Waals surface area contributed by atoms with Crippen molar-refractivity contribution in [2.24, 2.45) is 0 Å². The van der Waals surface area contributed by atoms with Crippen LogP contribution >= 0.6 is 0 Å². The molecule has 0 aliphatic carbocycles. The second kappa shape index (κ2) is 6.23. The fourth-order valence-electron chi connectivity index (χ4n) is 3.45. The predicted molar refractivity (Wildman–Crippen MR) is 92.6 cm³/mol. The van der Waals surface area contributed by atoms with Gasteiger partial charge in [-0.15, -0.1) is 0 Å². The molecule has 0 spiro atoms. The largest absolute Gasteiger partial charge is 0.465 e. The zero-order chi connectivity index (χ0) is 18.2. The van der Waals surface area contributed by atoms with Crippen LogP contribution in [-0.2, 0) is 10.3 Å². The summed E-state index contributed by atoms with van der Waals surface area (Å²) in [7, 11) is 0. The number of nitrogens with zero attached hydrogens (tertiary/aromatic N) is 4. The SMILES string of the molecule is CC(=O)N1CCN(C(=O)O)[C@@](C)(c2cc(C)nn2-c2ccccc2)C1. The van der Waals surface area contributed by atoms with Gasteiger partial charge in [0.1, 0.15) is 5.54 Å². The number of aromatic nitrogens is 2. The van der Waals surface area contributed by atoms with Crippen molar-refractivity contribution in [1.82, 2.24) is 19.6 Å². The van der Waals surface area contributed by atoms with Crippen LogP contribution in [0.25, 0.3) is 5.69 Å². The van der Waals surface area contributed by atoms with Crippen LogP contribution in [0.3, 0.4) is 0 Å². The molecule has 3 rings (SSSR count). The number of piperazine rings is 1. The zero-order valence-corrected chi connectivity index (χ0v) is 14.6. The quantitative estimate of drug-likeness (QED) is 0.908. The molecule has 1 aliphatic rings. The Bertz CT molecular complexity index is 802. The lowest BCUT2D eigenvalue weighted by Gasteiger charge is -2.47. The molecule has 1 aromatic heterocycles. The number of hydrogen-bond acceptors (Lipinski definition) is 3. The summed E-state index contributed by atoms with van der Waals surface area (Å²) in [6, 6.07) is 11.5. The van der Waals surface area contributed by atoms with Crippen molar-refractivity contribution in [2.45, 2.75) is 26.3 Å². The number of para-hydroxylation sites is 1. The monoisotopic (exact) mass is 342 g/mol. The molecule has 1 N–H and O–H groups in total. The zero-order valence-electron chi connectivity index (χ0n) is 14.6. The molecule has 0 radical (unpaired) electrons.